The van der Waals surface area contributed by atoms with Crippen LogP contribution in [0.1, 0.15) is 50.8 Å². The standard InChI is InChI=1S/C29H38F2N8O2/c1-37-12-4-5-19(18-37)28(40)33-21-10-8-20(9-11-21)32-24-17-25(36-29(35-24)38-13-15-41-16-14-38)39-23-7-3-2-6-22(23)34-27(39)26(30)31/h2-3,6-7,17,19-21,26H,4-5,8-16,18H2,1H3,(H,33,40)(H,32,35,36). The van der Waals surface area contributed by atoms with Crippen LogP contribution in [-0.2, 0) is 9.53 Å². The van der Waals surface area contributed by atoms with Gasteiger partial charge in [0.2, 0.25) is 11.9 Å². The highest BCUT2D eigenvalue weighted by molar-refractivity contribution is 5.79. The predicted octanol–water partition coefficient (Wildman–Crippen LogP) is 3.77. The molecule has 2 aliphatic heterocycles. The fourth-order valence-electron chi connectivity index (χ4n) is 6.24. The van der Waals surface area contributed by atoms with Crippen molar-refractivity contribution in [2.75, 3.05) is 56.7 Å². The number of ether oxygens (including phenoxy) is 1. The molecule has 1 unspecified atom stereocenters. The van der Waals surface area contributed by atoms with Gasteiger partial charge in [0, 0.05) is 37.8 Å². The largest absolute Gasteiger partial charge is 0.378 e. The van der Waals surface area contributed by atoms with E-state index in [1.807, 2.05) is 11.0 Å². The highest BCUT2D eigenvalue weighted by atomic mass is 19.3. The molecule has 3 aromatic rings. The summed E-state index contributed by atoms with van der Waals surface area (Å²) >= 11 is 0. The molecule has 0 bridgehead atoms. The number of para-hydroxylation sites is 2. The number of nitrogens with one attached hydrogen (secondary N) is 2. The van der Waals surface area contributed by atoms with Crippen molar-refractivity contribution < 1.29 is 18.3 Å². The summed E-state index contributed by atoms with van der Waals surface area (Å²) in [5.41, 5.74) is 1.06. The van der Waals surface area contributed by atoms with Crippen molar-refractivity contribution in [1.29, 1.82) is 0 Å². The van der Waals surface area contributed by atoms with Gasteiger partial charge >= 0.3 is 0 Å². The SMILES string of the molecule is CN1CCCC(C(=O)NC2CCC(Nc3cc(-n4c(C(F)F)nc5ccccc54)nc(N4CCOCC4)n3)CC2)C1. The van der Waals surface area contributed by atoms with Crippen molar-refractivity contribution in [2.24, 2.45) is 5.92 Å². The Morgan fingerprint density at radius 2 is 1.76 bits per heavy atom. The molecule has 2 aromatic heterocycles. The maximum atomic E-state index is 14.1. The molecule has 12 heteroatoms. The molecule has 6 rings (SSSR count). The van der Waals surface area contributed by atoms with Crippen LogP contribution in [0.15, 0.2) is 30.3 Å². The Kier molecular flexibility index (Phi) is 8.29. The third kappa shape index (κ3) is 6.28. The topological polar surface area (TPSA) is 100 Å². The number of nitrogens with zero attached hydrogens (tertiary/aromatic N) is 6. The van der Waals surface area contributed by atoms with Gasteiger partial charge in [0.05, 0.1) is 30.2 Å². The van der Waals surface area contributed by atoms with Crippen molar-refractivity contribution >= 4 is 28.7 Å². The summed E-state index contributed by atoms with van der Waals surface area (Å²) in [5.74, 6) is 1.32. The minimum Gasteiger partial charge on any atom is -0.378 e. The molecular formula is C29H38F2N8O2. The van der Waals surface area contributed by atoms with E-state index in [0.717, 1.165) is 51.6 Å². The molecule has 41 heavy (non-hydrogen) atoms. The second-order valence-electron chi connectivity index (χ2n) is 11.4. The number of fused-ring (bicyclic) bond motifs is 1. The molecular weight excluding hydrogens is 530 g/mol. The van der Waals surface area contributed by atoms with Gasteiger partial charge in [-0.2, -0.15) is 9.97 Å². The van der Waals surface area contributed by atoms with E-state index in [0.29, 0.717) is 54.9 Å². The number of halogens is 2. The number of carbonyl (C=O) groups is 1. The first-order valence-electron chi connectivity index (χ1n) is 14.7. The number of amides is 1. The van der Waals surface area contributed by atoms with E-state index >= 15 is 0 Å². The van der Waals surface area contributed by atoms with Gasteiger partial charge in [-0.1, -0.05) is 12.1 Å². The normalized spacial score (nSPS) is 24.1. The molecule has 2 N–H and O–H groups in total. The van der Waals surface area contributed by atoms with Crippen LogP contribution in [0.25, 0.3) is 16.9 Å². The van der Waals surface area contributed by atoms with E-state index in [1.54, 1.807) is 24.3 Å². The summed E-state index contributed by atoms with van der Waals surface area (Å²) in [5, 5.41) is 6.84. The maximum absolute atomic E-state index is 14.1. The van der Waals surface area contributed by atoms with Crippen molar-refractivity contribution in [3.8, 4) is 5.82 Å². The fourth-order valence-corrected chi connectivity index (χ4v) is 6.24. The Bertz CT molecular complexity index is 1350. The number of alkyl halides is 2. The van der Waals surface area contributed by atoms with Gasteiger partial charge < -0.3 is 25.2 Å². The van der Waals surface area contributed by atoms with E-state index in [1.165, 1.54) is 4.57 Å². The molecule has 0 spiro atoms. The fraction of sp³-hybridized carbons (Fsp3) is 0.586. The summed E-state index contributed by atoms with van der Waals surface area (Å²) < 4.78 is 35.2. The van der Waals surface area contributed by atoms with E-state index < -0.39 is 6.43 Å². The molecule has 3 fully saturated rings. The van der Waals surface area contributed by atoms with Gasteiger partial charge in [-0.25, -0.2) is 13.8 Å². The van der Waals surface area contributed by atoms with Crippen molar-refractivity contribution in [3.63, 3.8) is 0 Å². The first-order chi connectivity index (χ1) is 19.9. The smallest absolute Gasteiger partial charge is 0.296 e. The lowest BCUT2D eigenvalue weighted by Gasteiger charge is -2.33. The Morgan fingerprint density at radius 1 is 1.00 bits per heavy atom. The van der Waals surface area contributed by atoms with Crippen LogP contribution in [0.4, 0.5) is 20.5 Å². The summed E-state index contributed by atoms with van der Waals surface area (Å²) in [7, 11) is 2.07. The van der Waals surface area contributed by atoms with Crippen molar-refractivity contribution in [2.45, 2.75) is 57.0 Å². The number of aromatic nitrogens is 4. The minimum absolute atomic E-state index is 0.0695. The van der Waals surface area contributed by atoms with Crippen LogP contribution in [0, 0.1) is 5.92 Å². The number of likely N-dealkylation sites (tertiary alicyclic amines) is 1. The van der Waals surface area contributed by atoms with Gasteiger partial charge in [-0.15, -0.1) is 0 Å². The number of piperidine rings is 1. The Balaban J connectivity index is 1.20. The predicted molar refractivity (Wildman–Crippen MR) is 153 cm³/mol. The molecule has 220 valence electrons. The van der Waals surface area contributed by atoms with Crippen molar-refractivity contribution in [1.82, 2.24) is 29.7 Å². The summed E-state index contributed by atoms with van der Waals surface area (Å²) in [6.07, 6.45) is 2.75. The van der Waals surface area contributed by atoms with Crippen LogP contribution in [0.2, 0.25) is 0 Å². The highest BCUT2D eigenvalue weighted by Crippen LogP contribution is 2.30. The average molecular weight is 569 g/mol. The van der Waals surface area contributed by atoms with E-state index in [4.69, 9.17) is 14.7 Å². The summed E-state index contributed by atoms with van der Waals surface area (Å²) in [4.78, 5) is 30.8. The molecule has 10 nitrogen and oxygen atoms in total. The van der Waals surface area contributed by atoms with E-state index in [2.05, 4.69) is 27.6 Å². The Morgan fingerprint density at radius 3 is 2.51 bits per heavy atom. The lowest BCUT2D eigenvalue weighted by atomic mass is 9.90. The lowest BCUT2D eigenvalue weighted by molar-refractivity contribution is -0.127. The minimum atomic E-state index is -2.76. The zero-order valence-electron chi connectivity index (χ0n) is 23.4. The molecule has 1 amide bonds. The van der Waals surface area contributed by atoms with E-state index in [-0.39, 0.29) is 29.7 Å². The molecule has 0 radical (unpaired) electrons. The van der Waals surface area contributed by atoms with Crippen LogP contribution < -0.4 is 15.5 Å². The van der Waals surface area contributed by atoms with Crippen LogP contribution in [0.3, 0.4) is 0 Å². The quantitative estimate of drug-likeness (QED) is 0.445. The lowest BCUT2D eigenvalue weighted by Crippen LogP contribution is -2.46. The Labute approximate surface area is 238 Å². The van der Waals surface area contributed by atoms with E-state index in [9.17, 15) is 13.6 Å². The second kappa shape index (κ2) is 12.2. The number of rotatable bonds is 7. The van der Waals surface area contributed by atoms with Gasteiger partial charge in [-0.05, 0) is 64.3 Å². The molecule has 1 aromatic carbocycles. The van der Waals surface area contributed by atoms with Crippen LogP contribution in [0.5, 0.6) is 0 Å². The third-order valence-electron chi connectivity index (χ3n) is 8.43. The number of hydrogen-bond donors (Lipinski definition) is 2. The average Bonchev–Trinajstić information content (AvgIpc) is 3.39. The highest BCUT2D eigenvalue weighted by Gasteiger charge is 2.29. The molecule has 2 saturated heterocycles. The summed E-state index contributed by atoms with van der Waals surface area (Å²) in [6.45, 7) is 4.23. The van der Waals surface area contributed by atoms with Crippen molar-refractivity contribution in [3.05, 3.63) is 36.2 Å². The number of morpholine rings is 1. The maximum Gasteiger partial charge on any atom is 0.296 e. The number of carbonyl (C=O) groups excluding carboxylic acids is 1. The van der Waals surface area contributed by atoms with Gasteiger partial charge in [0.1, 0.15) is 11.6 Å². The van der Waals surface area contributed by atoms with Crippen LogP contribution in [-0.4, -0.2) is 88.9 Å². The second-order valence-corrected chi connectivity index (χ2v) is 11.4. The Hall–Kier alpha value is -3.38. The number of imidazole rings is 1. The van der Waals surface area contributed by atoms with Gasteiger partial charge in [0.15, 0.2) is 5.82 Å². The zero-order valence-corrected chi connectivity index (χ0v) is 23.4. The first-order valence-corrected chi connectivity index (χ1v) is 14.7. The molecule has 3 aliphatic rings. The summed E-state index contributed by atoms with van der Waals surface area (Å²) in [6, 6.07) is 9.15. The zero-order chi connectivity index (χ0) is 28.3. The molecule has 1 aliphatic carbocycles. The molecule has 1 atom stereocenters. The van der Waals surface area contributed by atoms with Crippen LogP contribution >= 0.6 is 0 Å². The first kappa shape index (κ1) is 27.8. The molecule has 4 heterocycles. The number of benzene rings is 1. The van der Waals surface area contributed by atoms with Gasteiger partial charge in [-0.3, -0.25) is 9.36 Å². The number of hydrogen-bond acceptors (Lipinski definition) is 8. The monoisotopic (exact) mass is 568 g/mol. The third-order valence-corrected chi connectivity index (χ3v) is 8.43. The van der Waals surface area contributed by atoms with Gasteiger partial charge in [0.25, 0.3) is 6.43 Å². The number of anilines is 2. The molecule has 1 saturated carbocycles.